The summed E-state index contributed by atoms with van der Waals surface area (Å²) < 4.78 is 0. The third kappa shape index (κ3) is 2.03. The second kappa shape index (κ2) is 5.09. The zero-order valence-electron chi connectivity index (χ0n) is 13.1. The summed E-state index contributed by atoms with van der Waals surface area (Å²) in [7, 11) is 2.14. The van der Waals surface area contributed by atoms with Gasteiger partial charge >= 0.3 is 0 Å². The number of rotatable bonds is 1. The number of aromatic amines is 1. The van der Waals surface area contributed by atoms with Crippen LogP contribution >= 0.6 is 0 Å². The van der Waals surface area contributed by atoms with Gasteiger partial charge in [-0.3, -0.25) is 9.89 Å². The first-order valence-corrected chi connectivity index (χ1v) is 8.08. The Morgan fingerprint density at radius 2 is 2.14 bits per heavy atom. The van der Waals surface area contributed by atoms with E-state index in [0.717, 1.165) is 30.5 Å². The van der Waals surface area contributed by atoms with Gasteiger partial charge < -0.3 is 9.80 Å². The molecule has 2 saturated heterocycles. The van der Waals surface area contributed by atoms with Gasteiger partial charge in [0.05, 0.1) is 5.52 Å². The topological polar surface area (TPSA) is 52.2 Å². The van der Waals surface area contributed by atoms with E-state index in [4.69, 9.17) is 0 Å². The number of hydrogen-bond acceptors (Lipinski definition) is 3. The fourth-order valence-electron chi connectivity index (χ4n) is 4.18. The van der Waals surface area contributed by atoms with Crippen molar-refractivity contribution >= 4 is 16.8 Å². The average Bonchev–Trinajstić information content (AvgIpc) is 3.08. The summed E-state index contributed by atoms with van der Waals surface area (Å²) in [5.74, 6) is 1.28. The van der Waals surface area contributed by atoms with Gasteiger partial charge in [0.15, 0.2) is 5.69 Å². The molecule has 0 aliphatic carbocycles. The van der Waals surface area contributed by atoms with Crippen molar-refractivity contribution in [2.45, 2.75) is 19.4 Å². The first kappa shape index (κ1) is 13.8. The summed E-state index contributed by atoms with van der Waals surface area (Å²) in [6, 6.07) is 8.17. The Hall–Kier alpha value is -1.88. The van der Waals surface area contributed by atoms with Crippen LogP contribution in [0.1, 0.15) is 23.8 Å². The van der Waals surface area contributed by atoms with Crippen molar-refractivity contribution in [2.24, 2.45) is 11.8 Å². The van der Waals surface area contributed by atoms with Crippen molar-refractivity contribution in [1.29, 1.82) is 0 Å². The molecule has 0 saturated carbocycles. The molecule has 22 heavy (non-hydrogen) atoms. The van der Waals surface area contributed by atoms with Gasteiger partial charge in [-0.25, -0.2) is 0 Å². The number of nitrogens with one attached hydrogen (secondary N) is 1. The zero-order chi connectivity index (χ0) is 15.3. The maximum Gasteiger partial charge on any atom is 0.275 e. The quantitative estimate of drug-likeness (QED) is 0.876. The van der Waals surface area contributed by atoms with E-state index < -0.39 is 0 Å². The van der Waals surface area contributed by atoms with Gasteiger partial charge in [0.1, 0.15) is 0 Å². The smallest absolute Gasteiger partial charge is 0.275 e. The lowest BCUT2D eigenvalue weighted by Gasteiger charge is -2.37. The van der Waals surface area contributed by atoms with Gasteiger partial charge in [0.25, 0.3) is 5.91 Å². The molecule has 5 nitrogen and oxygen atoms in total. The maximum atomic E-state index is 13.1. The summed E-state index contributed by atoms with van der Waals surface area (Å²) >= 11 is 0. The fourth-order valence-corrected chi connectivity index (χ4v) is 4.18. The van der Waals surface area contributed by atoms with E-state index >= 15 is 0 Å². The fraction of sp³-hybridized carbons (Fsp3) is 0.529. The van der Waals surface area contributed by atoms with Gasteiger partial charge in [0, 0.05) is 24.5 Å². The van der Waals surface area contributed by atoms with Crippen molar-refractivity contribution < 1.29 is 4.79 Å². The molecule has 1 aromatic heterocycles. The molecular weight excluding hydrogens is 276 g/mol. The second-order valence-electron chi connectivity index (χ2n) is 6.83. The van der Waals surface area contributed by atoms with E-state index in [9.17, 15) is 4.79 Å². The van der Waals surface area contributed by atoms with Crippen LogP contribution in [0.5, 0.6) is 0 Å². The summed E-state index contributed by atoms with van der Waals surface area (Å²) in [4.78, 5) is 17.5. The van der Waals surface area contributed by atoms with Crippen molar-refractivity contribution in [3.8, 4) is 0 Å². The van der Waals surface area contributed by atoms with E-state index in [2.05, 4.69) is 34.0 Å². The lowest BCUT2D eigenvalue weighted by atomic mass is 9.86. The van der Waals surface area contributed by atoms with Gasteiger partial charge in [-0.15, -0.1) is 0 Å². The SMILES string of the molecule is C[C@@H]1CN(C(=O)c2n[nH]c3ccccc23)C2CN(C)CCC21. The normalized spacial score (nSPS) is 29.0. The van der Waals surface area contributed by atoms with Crippen LogP contribution in [0.4, 0.5) is 0 Å². The van der Waals surface area contributed by atoms with Crippen LogP contribution in [0, 0.1) is 11.8 Å². The van der Waals surface area contributed by atoms with Crippen LogP contribution in [0.25, 0.3) is 10.9 Å². The Labute approximate surface area is 130 Å². The molecule has 116 valence electrons. The number of para-hydroxylation sites is 1. The largest absolute Gasteiger partial charge is 0.332 e. The van der Waals surface area contributed by atoms with Crippen molar-refractivity contribution in [1.82, 2.24) is 20.0 Å². The van der Waals surface area contributed by atoms with E-state index in [1.807, 2.05) is 24.3 Å². The molecule has 1 amide bonds. The lowest BCUT2D eigenvalue weighted by molar-refractivity contribution is 0.0626. The Morgan fingerprint density at radius 1 is 1.32 bits per heavy atom. The average molecular weight is 298 g/mol. The van der Waals surface area contributed by atoms with Gasteiger partial charge in [0.2, 0.25) is 0 Å². The molecule has 2 aliphatic heterocycles. The number of hydrogen-bond donors (Lipinski definition) is 1. The summed E-state index contributed by atoms with van der Waals surface area (Å²) in [6.45, 7) is 5.24. The molecule has 5 heteroatoms. The molecule has 1 aromatic carbocycles. The zero-order valence-corrected chi connectivity index (χ0v) is 13.1. The summed E-state index contributed by atoms with van der Waals surface area (Å²) in [5, 5.41) is 8.19. The number of amides is 1. The predicted molar refractivity (Wildman–Crippen MR) is 85.7 cm³/mol. The number of H-pyrrole nitrogens is 1. The maximum absolute atomic E-state index is 13.1. The molecule has 3 heterocycles. The highest BCUT2D eigenvalue weighted by Gasteiger charge is 2.44. The minimum absolute atomic E-state index is 0.0760. The van der Waals surface area contributed by atoms with E-state index in [-0.39, 0.29) is 5.91 Å². The third-order valence-electron chi connectivity index (χ3n) is 5.39. The minimum Gasteiger partial charge on any atom is -0.332 e. The number of benzene rings is 1. The highest BCUT2D eigenvalue weighted by Crippen LogP contribution is 2.36. The predicted octanol–water partition coefficient (Wildman–Crippen LogP) is 1.98. The first-order valence-electron chi connectivity index (χ1n) is 8.08. The Morgan fingerprint density at radius 3 is 3.00 bits per heavy atom. The Kier molecular flexibility index (Phi) is 3.18. The minimum atomic E-state index is 0.0760. The number of nitrogens with zero attached hydrogens (tertiary/aromatic N) is 3. The summed E-state index contributed by atoms with van der Waals surface area (Å²) in [6.07, 6.45) is 1.19. The van der Waals surface area contributed by atoms with Crippen molar-refractivity contribution in [3.63, 3.8) is 0 Å². The van der Waals surface area contributed by atoms with Gasteiger partial charge in [-0.2, -0.15) is 5.10 Å². The molecule has 2 aromatic rings. The number of fused-ring (bicyclic) bond motifs is 2. The standard InChI is InChI=1S/C17H22N4O/c1-11-9-21(15-10-20(2)8-7-12(11)15)17(22)16-13-5-3-4-6-14(13)18-19-16/h3-6,11-12,15H,7-10H2,1-2H3,(H,18,19)/t11-,12?,15?/m1/s1. The molecule has 4 rings (SSSR count). The Bertz CT molecular complexity index is 710. The molecule has 0 spiro atoms. The molecule has 0 bridgehead atoms. The van der Waals surface area contributed by atoms with Crippen molar-refractivity contribution in [2.75, 3.05) is 26.7 Å². The van der Waals surface area contributed by atoms with E-state index in [0.29, 0.717) is 23.6 Å². The highest BCUT2D eigenvalue weighted by atomic mass is 16.2. The lowest BCUT2D eigenvalue weighted by Crippen LogP contribution is -2.48. The first-order chi connectivity index (χ1) is 10.6. The monoisotopic (exact) mass is 298 g/mol. The molecular formula is C17H22N4O. The van der Waals surface area contributed by atoms with Crippen LogP contribution in [0.3, 0.4) is 0 Å². The van der Waals surface area contributed by atoms with E-state index in [1.165, 1.54) is 6.42 Å². The van der Waals surface area contributed by atoms with Crippen LogP contribution in [-0.2, 0) is 0 Å². The molecule has 0 radical (unpaired) electrons. The number of carbonyl (C=O) groups excluding carboxylic acids is 1. The van der Waals surface area contributed by atoms with Crippen LogP contribution in [0.2, 0.25) is 0 Å². The van der Waals surface area contributed by atoms with Crippen LogP contribution in [0.15, 0.2) is 24.3 Å². The number of piperidine rings is 1. The van der Waals surface area contributed by atoms with Crippen molar-refractivity contribution in [3.05, 3.63) is 30.0 Å². The third-order valence-corrected chi connectivity index (χ3v) is 5.39. The molecule has 2 unspecified atom stereocenters. The molecule has 3 atom stereocenters. The molecule has 2 aliphatic rings. The second-order valence-corrected chi connectivity index (χ2v) is 6.83. The highest BCUT2D eigenvalue weighted by molar-refractivity contribution is 6.04. The number of likely N-dealkylation sites (tertiary alicyclic amines) is 2. The number of aromatic nitrogens is 2. The summed E-state index contributed by atoms with van der Waals surface area (Å²) in [5.41, 5.74) is 1.49. The van der Waals surface area contributed by atoms with Gasteiger partial charge in [-0.1, -0.05) is 25.1 Å². The Balaban J connectivity index is 1.67. The van der Waals surface area contributed by atoms with Crippen LogP contribution < -0.4 is 0 Å². The van der Waals surface area contributed by atoms with Crippen LogP contribution in [-0.4, -0.2) is 58.6 Å². The molecule has 1 N–H and O–H groups in total. The number of likely N-dealkylation sites (N-methyl/N-ethyl adjacent to an activating group) is 1. The molecule has 2 fully saturated rings. The van der Waals surface area contributed by atoms with E-state index in [1.54, 1.807) is 0 Å². The van der Waals surface area contributed by atoms with Gasteiger partial charge in [-0.05, 0) is 37.9 Å². The number of carbonyl (C=O) groups is 1.